The Morgan fingerprint density at radius 3 is 2.48 bits per heavy atom. The van der Waals surface area contributed by atoms with Crippen LogP contribution >= 0.6 is 0 Å². The number of hydrogen-bond donors (Lipinski definition) is 3. The van der Waals surface area contributed by atoms with Gasteiger partial charge in [-0.2, -0.15) is 18.4 Å². The number of rotatable bonds is 6. The minimum absolute atomic E-state index is 0.0229. The monoisotopic (exact) mass is 459 g/mol. The topological polar surface area (TPSA) is 121 Å². The third-order valence-corrected chi connectivity index (χ3v) is 5.25. The number of nitriles is 1. The Bertz CT molecular complexity index is 1150. The summed E-state index contributed by atoms with van der Waals surface area (Å²) in [6, 6.07) is 9.00. The van der Waals surface area contributed by atoms with Crippen LogP contribution in [-0.4, -0.2) is 47.9 Å². The first kappa shape index (κ1) is 23.6. The fourth-order valence-electron chi connectivity index (χ4n) is 3.87. The average molecular weight is 459 g/mol. The highest BCUT2D eigenvalue weighted by Gasteiger charge is 2.49. The second kappa shape index (κ2) is 9.20. The van der Waals surface area contributed by atoms with E-state index in [1.165, 1.54) is 30.3 Å². The van der Waals surface area contributed by atoms with Gasteiger partial charge in [0.05, 0.1) is 17.5 Å². The van der Waals surface area contributed by atoms with Crippen LogP contribution in [-0.2, 0) is 4.79 Å². The maximum Gasteiger partial charge on any atom is 0.406 e. The molecule has 3 rings (SSSR count). The number of halogens is 4. The summed E-state index contributed by atoms with van der Waals surface area (Å²) in [4.78, 5) is 26.7. The van der Waals surface area contributed by atoms with E-state index in [-0.39, 0.29) is 22.4 Å². The van der Waals surface area contributed by atoms with Gasteiger partial charge in [-0.1, -0.05) is 18.2 Å². The van der Waals surface area contributed by atoms with Crippen molar-refractivity contribution >= 4 is 29.9 Å². The molecule has 2 amide bonds. The van der Waals surface area contributed by atoms with Crippen LogP contribution in [0, 0.1) is 33.9 Å². The number of fused-ring (bicyclic) bond motifs is 1. The molecule has 2 aromatic rings. The van der Waals surface area contributed by atoms with Gasteiger partial charge in [-0.3, -0.25) is 9.59 Å². The lowest BCUT2D eigenvalue weighted by Crippen LogP contribution is -2.57. The van der Waals surface area contributed by atoms with E-state index in [1.807, 2.05) is 0 Å². The van der Waals surface area contributed by atoms with Crippen LogP contribution in [0.5, 0.6) is 0 Å². The normalized spacial score (nSPS) is 18.6. The van der Waals surface area contributed by atoms with Gasteiger partial charge in [0.1, 0.15) is 18.4 Å². The lowest BCUT2D eigenvalue weighted by Gasteiger charge is -2.43. The van der Waals surface area contributed by atoms with Gasteiger partial charge < -0.3 is 21.0 Å². The number of carbonyl (C=O) groups is 2. The molecular formula is C22H17F4N5O2. The van der Waals surface area contributed by atoms with Crippen molar-refractivity contribution < 1.29 is 27.2 Å². The zero-order valence-electron chi connectivity index (χ0n) is 16.9. The van der Waals surface area contributed by atoms with Gasteiger partial charge in [-0.15, -0.1) is 0 Å². The van der Waals surface area contributed by atoms with E-state index in [0.717, 1.165) is 12.1 Å². The number of anilines is 1. The quantitative estimate of drug-likeness (QED) is 0.451. The molecule has 1 aliphatic rings. The zero-order chi connectivity index (χ0) is 24.3. The largest absolute Gasteiger partial charge is 0.406 e. The molecule has 0 unspecified atom stereocenters. The Kier molecular flexibility index (Phi) is 6.57. The number of nitrogens with zero attached hydrogens (tertiary/aromatic N) is 2. The highest BCUT2D eigenvalue weighted by molar-refractivity contribution is 6.05. The molecule has 1 heterocycles. The molecule has 0 bridgehead atoms. The Balaban J connectivity index is 2.13. The van der Waals surface area contributed by atoms with E-state index >= 15 is 0 Å². The first-order valence-electron chi connectivity index (χ1n) is 9.59. The number of carbonyl (C=O) groups excluding carboxylic acids is 2. The van der Waals surface area contributed by atoms with Crippen LogP contribution in [0.25, 0.3) is 0 Å². The second-order valence-electron chi connectivity index (χ2n) is 7.31. The molecule has 3 N–H and O–H groups in total. The van der Waals surface area contributed by atoms with Crippen molar-refractivity contribution in [1.82, 2.24) is 4.90 Å². The molecular weight excluding hydrogens is 442 g/mol. The van der Waals surface area contributed by atoms with Crippen molar-refractivity contribution in [3.8, 4) is 6.07 Å². The minimum Gasteiger partial charge on any atom is -0.325 e. The molecule has 0 saturated heterocycles. The molecule has 0 fully saturated rings. The third kappa shape index (κ3) is 4.74. The van der Waals surface area contributed by atoms with Crippen LogP contribution in [0.4, 0.5) is 23.2 Å². The molecule has 33 heavy (non-hydrogen) atoms. The van der Waals surface area contributed by atoms with Crippen molar-refractivity contribution in [2.45, 2.75) is 18.1 Å². The number of nitrogens with one attached hydrogen (secondary N) is 3. The maximum absolute atomic E-state index is 13.6. The number of alkyl halides is 3. The number of hydrogen-bond acceptors (Lipinski definition) is 5. The summed E-state index contributed by atoms with van der Waals surface area (Å²) in [5.41, 5.74) is -0.294. The van der Waals surface area contributed by atoms with E-state index in [0.29, 0.717) is 17.3 Å². The predicted octanol–water partition coefficient (Wildman–Crippen LogP) is 3.72. The van der Waals surface area contributed by atoms with Gasteiger partial charge in [0.2, 0.25) is 5.91 Å². The van der Waals surface area contributed by atoms with Gasteiger partial charge >= 0.3 is 6.18 Å². The lowest BCUT2D eigenvalue weighted by molar-refractivity contribution is -0.148. The summed E-state index contributed by atoms with van der Waals surface area (Å²) in [6.45, 7) is -1.68. The Hall–Kier alpha value is -4.07. The molecule has 0 aromatic heterocycles. The highest BCUT2D eigenvalue weighted by Crippen LogP contribution is 2.38. The van der Waals surface area contributed by atoms with Crippen molar-refractivity contribution in [2.75, 3.05) is 11.9 Å². The van der Waals surface area contributed by atoms with E-state index in [2.05, 4.69) is 5.32 Å². The molecule has 170 valence electrons. The van der Waals surface area contributed by atoms with E-state index < -0.39 is 48.2 Å². The van der Waals surface area contributed by atoms with E-state index in [4.69, 9.17) is 16.1 Å². The smallest absolute Gasteiger partial charge is 0.325 e. The average Bonchev–Trinajstić information content (AvgIpc) is 2.77. The van der Waals surface area contributed by atoms with Gasteiger partial charge in [0.25, 0.3) is 5.91 Å². The Labute approximate surface area is 185 Å². The van der Waals surface area contributed by atoms with Gasteiger partial charge in [-0.05, 0) is 29.8 Å². The molecule has 0 spiro atoms. The third-order valence-electron chi connectivity index (χ3n) is 5.25. The van der Waals surface area contributed by atoms with Gasteiger partial charge in [0.15, 0.2) is 0 Å². The SMILES string of the molecule is N#Cc1cc(NC(=O)[C@@H]2c3ccccc3C(=O)N(CC(F)(F)F)[C@H]2C(C=N)C=N)ccc1F. The summed E-state index contributed by atoms with van der Waals surface area (Å²) in [6.07, 6.45) is -3.39. The lowest BCUT2D eigenvalue weighted by atomic mass is 9.77. The molecule has 11 heteroatoms. The number of amides is 2. The molecule has 0 saturated carbocycles. The van der Waals surface area contributed by atoms with E-state index in [9.17, 15) is 27.2 Å². The van der Waals surface area contributed by atoms with Crippen LogP contribution in [0.3, 0.4) is 0 Å². The molecule has 0 radical (unpaired) electrons. The summed E-state index contributed by atoms with van der Waals surface area (Å²) in [5.74, 6) is -5.30. The Morgan fingerprint density at radius 1 is 1.21 bits per heavy atom. The van der Waals surface area contributed by atoms with Crippen LogP contribution in [0.2, 0.25) is 0 Å². The maximum atomic E-state index is 13.6. The standard InChI is InChI=1S/C22H17F4N5O2/c23-17-6-5-14(7-12(17)8-27)30-20(32)18-15-3-1-2-4-16(15)21(33)31(11-22(24,25)26)19(18)13(9-28)10-29/h1-7,9-10,13,18-19,28-29H,11H2,(H,30,32)/t13?,18-,19+/m1/s1. The van der Waals surface area contributed by atoms with Crippen molar-refractivity contribution in [2.24, 2.45) is 5.92 Å². The fraction of sp³-hybridized carbons (Fsp3) is 0.227. The van der Waals surface area contributed by atoms with Crippen LogP contribution in [0.1, 0.15) is 27.4 Å². The number of benzene rings is 2. The summed E-state index contributed by atoms with van der Waals surface area (Å²) in [5, 5.41) is 26.6. The predicted molar refractivity (Wildman–Crippen MR) is 111 cm³/mol. The van der Waals surface area contributed by atoms with E-state index in [1.54, 1.807) is 6.07 Å². The van der Waals surface area contributed by atoms with Crippen LogP contribution in [0.15, 0.2) is 42.5 Å². The van der Waals surface area contributed by atoms with Gasteiger partial charge in [-0.25, -0.2) is 4.39 Å². The first-order chi connectivity index (χ1) is 15.6. The molecule has 1 aliphatic heterocycles. The minimum atomic E-state index is -4.80. The Morgan fingerprint density at radius 2 is 1.88 bits per heavy atom. The molecule has 2 atom stereocenters. The van der Waals surface area contributed by atoms with Gasteiger partial charge in [0, 0.05) is 29.6 Å². The first-order valence-corrected chi connectivity index (χ1v) is 9.59. The van der Waals surface area contributed by atoms with Crippen molar-refractivity contribution in [3.63, 3.8) is 0 Å². The molecule has 0 aliphatic carbocycles. The highest BCUT2D eigenvalue weighted by atomic mass is 19.4. The fourth-order valence-corrected chi connectivity index (χ4v) is 3.87. The zero-order valence-corrected chi connectivity index (χ0v) is 16.9. The second-order valence-corrected chi connectivity index (χ2v) is 7.31. The summed E-state index contributed by atoms with van der Waals surface area (Å²) in [7, 11) is 0. The summed E-state index contributed by atoms with van der Waals surface area (Å²) < 4.78 is 53.7. The molecule has 2 aromatic carbocycles. The van der Waals surface area contributed by atoms with Crippen molar-refractivity contribution in [1.29, 1.82) is 16.1 Å². The van der Waals surface area contributed by atoms with Crippen LogP contribution < -0.4 is 5.32 Å². The molecule has 7 nitrogen and oxygen atoms in total. The van der Waals surface area contributed by atoms with Crippen molar-refractivity contribution in [3.05, 3.63) is 65.0 Å². The summed E-state index contributed by atoms with van der Waals surface area (Å²) >= 11 is 0.